The second-order valence-corrected chi connectivity index (χ2v) is 5.66. The third kappa shape index (κ3) is 8.29. The molecule has 130 valence electrons. The minimum atomic E-state index is -4.31. The SMILES string of the molecule is CC(NC(N)=NCCCOCC(F)(F)F)c1ccc(Cl)cc1Cl. The molecule has 0 saturated carbocycles. The molecular weight excluding hydrogens is 354 g/mol. The maximum absolute atomic E-state index is 11.9. The van der Waals surface area contributed by atoms with Gasteiger partial charge in [0.2, 0.25) is 0 Å². The number of nitrogens with zero attached hydrogens (tertiary/aromatic N) is 1. The Kier molecular flexibility index (Phi) is 7.94. The molecule has 0 amide bonds. The minimum Gasteiger partial charge on any atom is -0.372 e. The van der Waals surface area contributed by atoms with Crippen LogP contribution in [0.1, 0.15) is 24.9 Å². The molecule has 0 bridgehead atoms. The number of hydrogen-bond acceptors (Lipinski definition) is 2. The second kappa shape index (κ2) is 9.20. The Hall–Kier alpha value is -1.18. The van der Waals surface area contributed by atoms with E-state index in [-0.39, 0.29) is 25.2 Å². The van der Waals surface area contributed by atoms with E-state index in [0.29, 0.717) is 16.5 Å². The molecule has 0 radical (unpaired) electrons. The van der Waals surface area contributed by atoms with Crippen molar-refractivity contribution in [2.75, 3.05) is 19.8 Å². The number of ether oxygens (including phenoxy) is 1. The van der Waals surface area contributed by atoms with E-state index in [2.05, 4.69) is 15.0 Å². The molecule has 1 atom stereocenters. The zero-order chi connectivity index (χ0) is 17.5. The highest BCUT2D eigenvalue weighted by Gasteiger charge is 2.27. The summed E-state index contributed by atoms with van der Waals surface area (Å²) in [5, 5.41) is 3.99. The van der Waals surface area contributed by atoms with E-state index in [1.807, 2.05) is 6.92 Å². The summed E-state index contributed by atoms with van der Waals surface area (Å²) in [6, 6.07) is 4.93. The van der Waals surface area contributed by atoms with Crippen LogP contribution in [0, 0.1) is 0 Å². The van der Waals surface area contributed by atoms with Gasteiger partial charge in [-0.05, 0) is 31.0 Å². The molecule has 1 aromatic rings. The molecule has 0 fully saturated rings. The number of aliphatic imine (C=N–C) groups is 1. The van der Waals surface area contributed by atoms with Crippen molar-refractivity contribution >= 4 is 29.2 Å². The number of hydrogen-bond donors (Lipinski definition) is 2. The first-order valence-electron chi connectivity index (χ1n) is 6.85. The van der Waals surface area contributed by atoms with Crippen LogP contribution in [0.15, 0.2) is 23.2 Å². The van der Waals surface area contributed by atoms with Gasteiger partial charge >= 0.3 is 6.18 Å². The van der Waals surface area contributed by atoms with Crippen molar-refractivity contribution in [3.05, 3.63) is 33.8 Å². The van der Waals surface area contributed by atoms with Gasteiger partial charge in [0.25, 0.3) is 0 Å². The second-order valence-electron chi connectivity index (χ2n) is 4.82. The van der Waals surface area contributed by atoms with Gasteiger partial charge in [0.15, 0.2) is 5.96 Å². The first-order valence-corrected chi connectivity index (χ1v) is 7.60. The van der Waals surface area contributed by atoms with Crippen molar-refractivity contribution in [2.24, 2.45) is 10.7 Å². The van der Waals surface area contributed by atoms with Crippen molar-refractivity contribution < 1.29 is 17.9 Å². The Bertz CT molecular complexity index is 538. The molecule has 4 nitrogen and oxygen atoms in total. The van der Waals surface area contributed by atoms with E-state index in [9.17, 15) is 13.2 Å². The van der Waals surface area contributed by atoms with Gasteiger partial charge in [0, 0.05) is 23.2 Å². The summed E-state index contributed by atoms with van der Waals surface area (Å²) in [5.41, 5.74) is 6.53. The van der Waals surface area contributed by atoms with Gasteiger partial charge in [-0.15, -0.1) is 0 Å². The van der Waals surface area contributed by atoms with Gasteiger partial charge in [-0.3, -0.25) is 4.99 Å². The average molecular weight is 372 g/mol. The monoisotopic (exact) mass is 371 g/mol. The standard InChI is InChI=1S/C14H18Cl2F3N3O/c1-9(11-4-3-10(15)7-12(11)16)22-13(20)21-5-2-6-23-8-14(17,18)19/h3-4,7,9H,2,5-6,8H2,1H3,(H3,20,21,22). The van der Waals surface area contributed by atoms with Crippen molar-refractivity contribution in [1.29, 1.82) is 0 Å². The van der Waals surface area contributed by atoms with E-state index < -0.39 is 12.8 Å². The Balaban J connectivity index is 2.35. The van der Waals surface area contributed by atoms with Gasteiger partial charge in [-0.25, -0.2) is 0 Å². The highest BCUT2D eigenvalue weighted by Crippen LogP contribution is 2.25. The fraction of sp³-hybridized carbons (Fsp3) is 0.500. The van der Waals surface area contributed by atoms with Crippen molar-refractivity contribution in [3.8, 4) is 0 Å². The first kappa shape index (κ1) is 19.9. The number of halogens is 5. The molecule has 0 aliphatic rings. The molecule has 0 heterocycles. The topological polar surface area (TPSA) is 59.6 Å². The van der Waals surface area contributed by atoms with Gasteiger partial charge < -0.3 is 15.8 Å². The summed E-state index contributed by atoms with van der Waals surface area (Å²) < 4.78 is 40.0. The quantitative estimate of drug-likeness (QED) is 0.433. The van der Waals surface area contributed by atoms with Crippen LogP contribution in [0.5, 0.6) is 0 Å². The molecule has 0 spiro atoms. The van der Waals surface area contributed by atoms with Gasteiger partial charge in [0.05, 0.1) is 6.04 Å². The lowest BCUT2D eigenvalue weighted by Gasteiger charge is -2.16. The predicted molar refractivity (Wildman–Crippen MR) is 86.0 cm³/mol. The van der Waals surface area contributed by atoms with E-state index in [1.165, 1.54) is 0 Å². The van der Waals surface area contributed by atoms with Crippen LogP contribution in [-0.2, 0) is 4.74 Å². The van der Waals surface area contributed by atoms with Crippen LogP contribution in [0.4, 0.5) is 13.2 Å². The maximum atomic E-state index is 11.9. The summed E-state index contributed by atoms with van der Waals surface area (Å²) >= 11 is 11.9. The van der Waals surface area contributed by atoms with E-state index in [1.54, 1.807) is 18.2 Å². The van der Waals surface area contributed by atoms with Crippen LogP contribution in [-0.4, -0.2) is 31.9 Å². The summed E-state index contributed by atoms with van der Waals surface area (Å²) in [7, 11) is 0. The van der Waals surface area contributed by atoms with Gasteiger partial charge in [-0.2, -0.15) is 13.2 Å². The fourth-order valence-electron chi connectivity index (χ4n) is 1.75. The molecule has 23 heavy (non-hydrogen) atoms. The zero-order valence-electron chi connectivity index (χ0n) is 12.5. The molecular formula is C14H18Cl2F3N3O. The number of alkyl halides is 3. The minimum absolute atomic E-state index is 0.0329. The Labute approximate surface area is 142 Å². The molecule has 0 aromatic heterocycles. The molecule has 0 saturated heterocycles. The molecule has 0 aliphatic heterocycles. The summed E-state index contributed by atoms with van der Waals surface area (Å²) in [6.07, 6.45) is -3.97. The first-order chi connectivity index (χ1) is 10.7. The lowest BCUT2D eigenvalue weighted by atomic mass is 10.1. The highest BCUT2D eigenvalue weighted by molar-refractivity contribution is 6.35. The van der Waals surface area contributed by atoms with Crippen LogP contribution in [0.25, 0.3) is 0 Å². The summed E-state index contributed by atoms with van der Waals surface area (Å²) in [5.74, 6) is 0.180. The van der Waals surface area contributed by atoms with E-state index in [4.69, 9.17) is 28.9 Å². The highest BCUT2D eigenvalue weighted by atomic mass is 35.5. The summed E-state index contributed by atoms with van der Waals surface area (Å²) in [6.45, 7) is 0.826. The van der Waals surface area contributed by atoms with Crippen LogP contribution < -0.4 is 11.1 Å². The lowest BCUT2D eigenvalue weighted by Crippen LogP contribution is -2.34. The normalized spacial score (nSPS) is 13.9. The smallest absolute Gasteiger partial charge is 0.372 e. The lowest BCUT2D eigenvalue weighted by molar-refractivity contribution is -0.173. The van der Waals surface area contributed by atoms with Crippen molar-refractivity contribution in [2.45, 2.75) is 25.6 Å². The third-order valence-corrected chi connectivity index (χ3v) is 3.35. The van der Waals surface area contributed by atoms with Crippen molar-refractivity contribution in [3.63, 3.8) is 0 Å². The number of nitrogens with one attached hydrogen (secondary N) is 1. The maximum Gasteiger partial charge on any atom is 0.411 e. The number of guanidine groups is 1. The van der Waals surface area contributed by atoms with Crippen LogP contribution in [0.3, 0.4) is 0 Å². The average Bonchev–Trinajstić information content (AvgIpc) is 2.41. The summed E-state index contributed by atoms with van der Waals surface area (Å²) in [4.78, 5) is 4.02. The Morgan fingerprint density at radius 1 is 1.39 bits per heavy atom. The zero-order valence-corrected chi connectivity index (χ0v) is 14.0. The molecule has 1 aromatic carbocycles. The van der Waals surface area contributed by atoms with Crippen LogP contribution >= 0.6 is 23.2 Å². The number of benzene rings is 1. The molecule has 9 heteroatoms. The fourth-order valence-corrected chi connectivity index (χ4v) is 2.32. The van der Waals surface area contributed by atoms with Crippen molar-refractivity contribution in [1.82, 2.24) is 5.32 Å². The number of nitrogens with two attached hydrogens (primary N) is 1. The third-order valence-electron chi connectivity index (χ3n) is 2.79. The largest absolute Gasteiger partial charge is 0.411 e. The van der Waals surface area contributed by atoms with Gasteiger partial charge in [0.1, 0.15) is 6.61 Å². The van der Waals surface area contributed by atoms with E-state index >= 15 is 0 Å². The molecule has 1 rings (SSSR count). The Morgan fingerprint density at radius 2 is 2.09 bits per heavy atom. The molecule has 0 aliphatic carbocycles. The Morgan fingerprint density at radius 3 is 2.70 bits per heavy atom. The molecule has 1 unspecified atom stereocenters. The van der Waals surface area contributed by atoms with Gasteiger partial charge in [-0.1, -0.05) is 29.3 Å². The van der Waals surface area contributed by atoms with E-state index in [0.717, 1.165) is 5.56 Å². The predicted octanol–water partition coefficient (Wildman–Crippen LogP) is 3.93. The molecule has 3 N–H and O–H groups in total. The van der Waals surface area contributed by atoms with Crippen LogP contribution in [0.2, 0.25) is 10.0 Å². The number of rotatable bonds is 7.